The van der Waals surface area contributed by atoms with Gasteiger partial charge in [0.1, 0.15) is 6.04 Å². The minimum atomic E-state index is -1.39. The third kappa shape index (κ3) is 4.45. The molecule has 3 rings (SSSR count). The predicted molar refractivity (Wildman–Crippen MR) is 98.6 cm³/mol. The maximum absolute atomic E-state index is 12.4. The number of nitrogens with zero attached hydrogens (tertiary/aromatic N) is 2. The molecule has 0 spiro atoms. The number of para-hydroxylation sites is 2. The lowest BCUT2D eigenvalue weighted by atomic mass is 10.1. The van der Waals surface area contributed by atoms with E-state index in [2.05, 4.69) is 15.3 Å². The predicted octanol–water partition coefficient (Wildman–Crippen LogP) is 1.56. The quantitative estimate of drug-likeness (QED) is 0.643. The zero-order valence-electron chi connectivity index (χ0n) is 14.7. The molecule has 2 N–H and O–H groups in total. The monoisotopic (exact) mass is 365 g/mol. The topological polar surface area (TPSA) is 101 Å². The standard InChI is InChI=1S/C20H19N3O4/c1-27-20(26)17(23-19(25)18(24)13-7-3-2-4-8-13)11-14-12-21-15-9-5-6-10-16(15)22-14/h2-10,12,17-18,24H,11H2,1H3,(H,23,25)/t17-,18-/m0/s1. The minimum Gasteiger partial charge on any atom is -0.467 e. The molecule has 0 saturated heterocycles. The molecule has 7 heteroatoms. The molecule has 1 heterocycles. The van der Waals surface area contributed by atoms with Crippen molar-refractivity contribution in [2.24, 2.45) is 0 Å². The Morgan fingerprint density at radius 3 is 2.44 bits per heavy atom. The number of nitrogens with one attached hydrogen (secondary N) is 1. The van der Waals surface area contributed by atoms with Gasteiger partial charge < -0.3 is 15.2 Å². The number of hydrogen-bond donors (Lipinski definition) is 2. The lowest BCUT2D eigenvalue weighted by molar-refractivity contribution is -0.146. The molecule has 0 aliphatic carbocycles. The number of amides is 1. The van der Waals surface area contributed by atoms with E-state index >= 15 is 0 Å². The molecule has 7 nitrogen and oxygen atoms in total. The van der Waals surface area contributed by atoms with E-state index in [0.29, 0.717) is 16.8 Å². The Balaban J connectivity index is 1.77. The van der Waals surface area contributed by atoms with Crippen molar-refractivity contribution in [1.82, 2.24) is 15.3 Å². The number of ether oxygens (including phenoxy) is 1. The number of fused-ring (bicyclic) bond motifs is 1. The zero-order valence-corrected chi connectivity index (χ0v) is 14.7. The van der Waals surface area contributed by atoms with Crippen molar-refractivity contribution in [3.63, 3.8) is 0 Å². The maximum atomic E-state index is 12.4. The normalized spacial score (nSPS) is 13.0. The third-order valence-electron chi connectivity index (χ3n) is 4.08. The number of esters is 1. The van der Waals surface area contributed by atoms with Crippen LogP contribution < -0.4 is 5.32 Å². The molecule has 138 valence electrons. The van der Waals surface area contributed by atoms with Crippen LogP contribution in [0.5, 0.6) is 0 Å². The first-order valence-corrected chi connectivity index (χ1v) is 8.40. The van der Waals surface area contributed by atoms with Gasteiger partial charge in [0.2, 0.25) is 0 Å². The Morgan fingerprint density at radius 1 is 1.07 bits per heavy atom. The van der Waals surface area contributed by atoms with E-state index in [1.54, 1.807) is 36.5 Å². The van der Waals surface area contributed by atoms with Crippen molar-refractivity contribution in [2.75, 3.05) is 7.11 Å². The number of hydrogen-bond acceptors (Lipinski definition) is 6. The molecule has 0 radical (unpaired) electrons. The number of rotatable bonds is 6. The Kier molecular flexibility index (Phi) is 5.73. The van der Waals surface area contributed by atoms with E-state index in [4.69, 9.17) is 4.74 Å². The summed E-state index contributed by atoms with van der Waals surface area (Å²) in [7, 11) is 1.24. The molecule has 27 heavy (non-hydrogen) atoms. The molecule has 0 saturated carbocycles. The fourth-order valence-electron chi connectivity index (χ4n) is 2.68. The molecule has 1 amide bonds. The SMILES string of the molecule is COC(=O)[C@H](Cc1cnc2ccccc2n1)NC(=O)[C@@H](O)c1ccccc1. The molecule has 0 aliphatic heterocycles. The fraction of sp³-hybridized carbons (Fsp3) is 0.200. The zero-order chi connectivity index (χ0) is 19.2. The van der Waals surface area contributed by atoms with Gasteiger partial charge in [-0.1, -0.05) is 42.5 Å². The average Bonchev–Trinajstić information content (AvgIpc) is 2.72. The molecule has 2 aromatic carbocycles. The van der Waals surface area contributed by atoms with Gasteiger partial charge in [0.15, 0.2) is 6.10 Å². The Bertz CT molecular complexity index is 946. The van der Waals surface area contributed by atoms with Crippen LogP contribution in [-0.2, 0) is 20.7 Å². The number of benzene rings is 2. The van der Waals surface area contributed by atoms with E-state index in [0.717, 1.165) is 5.52 Å². The molecular formula is C20H19N3O4. The van der Waals surface area contributed by atoms with Gasteiger partial charge in [0.25, 0.3) is 5.91 Å². The van der Waals surface area contributed by atoms with Crippen molar-refractivity contribution in [2.45, 2.75) is 18.6 Å². The summed E-state index contributed by atoms with van der Waals surface area (Å²) < 4.78 is 4.77. The molecule has 1 aromatic heterocycles. The summed E-state index contributed by atoms with van der Waals surface area (Å²) in [5.74, 6) is -1.32. The highest BCUT2D eigenvalue weighted by molar-refractivity contribution is 5.87. The molecule has 0 unspecified atom stereocenters. The number of aliphatic hydroxyl groups excluding tert-OH is 1. The number of methoxy groups -OCH3 is 1. The van der Waals surface area contributed by atoms with Crippen LogP contribution in [0.1, 0.15) is 17.4 Å². The first-order valence-electron chi connectivity index (χ1n) is 8.40. The molecule has 3 aromatic rings. The first kappa shape index (κ1) is 18.5. The number of carbonyl (C=O) groups is 2. The van der Waals surface area contributed by atoms with Crippen LogP contribution in [-0.4, -0.2) is 40.1 Å². The van der Waals surface area contributed by atoms with Gasteiger partial charge in [-0.3, -0.25) is 9.78 Å². The summed E-state index contributed by atoms with van der Waals surface area (Å²) in [5, 5.41) is 12.7. The Hall–Kier alpha value is -3.32. The third-order valence-corrected chi connectivity index (χ3v) is 4.08. The molecule has 0 aliphatic rings. The van der Waals surface area contributed by atoms with Crippen molar-refractivity contribution in [1.29, 1.82) is 0 Å². The first-order chi connectivity index (χ1) is 13.1. The van der Waals surface area contributed by atoms with Crippen LogP contribution in [0.25, 0.3) is 11.0 Å². The second-order valence-corrected chi connectivity index (χ2v) is 5.95. The van der Waals surface area contributed by atoms with Gasteiger partial charge in [-0.25, -0.2) is 9.78 Å². The number of carbonyl (C=O) groups excluding carboxylic acids is 2. The smallest absolute Gasteiger partial charge is 0.328 e. The van der Waals surface area contributed by atoms with Crippen LogP contribution >= 0.6 is 0 Å². The summed E-state index contributed by atoms with van der Waals surface area (Å²) in [6.45, 7) is 0. The molecular weight excluding hydrogens is 346 g/mol. The van der Waals surface area contributed by atoms with Gasteiger partial charge in [-0.05, 0) is 17.7 Å². The minimum absolute atomic E-state index is 0.0950. The molecule has 0 bridgehead atoms. The lowest BCUT2D eigenvalue weighted by Gasteiger charge is -2.18. The van der Waals surface area contributed by atoms with Crippen molar-refractivity contribution >= 4 is 22.9 Å². The largest absolute Gasteiger partial charge is 0.467 e. The van der Waals surface area contributed by atoms with Crippen LogP contribution in [0.15, 0.2) is 60.8 Å². The van der Waals surface area contributed by atoms with Crippen molar-refractivity contribution < 1.29 is 19.4 Å². The van der Waals surface area contributed by atoms with Crippen molar-refractivity contribution in [3.05, 3.63) is 72.1 Å². The Labute approximate surface area is 156 Å². The lowest BCUT2D eigenvalue weighted by Crippen LogP contribution is -2.45. The van der Waals surface area contributed by atoms with E-state index in [9.17, 15) is 14.7 Å². The van der Waals surface area contributed by atoms with E-state index in [-0.39, 0.29) is 6.42 Å². The highest BCUT2D eigenvalue weighted by atomic mass is 16.5. The van der Waals surface area contributed by atoms with Gasteiger partial charge in [-0.15, -0.1) is 0 Å². The summed E-state index contributed by atoms with van der Waals surface area (Å²) >= 11 is 0. The number of aromatic nitrogens is 2. The van der Waals surface area contributed by atoms with Gasteiger partial charge in [0.05, 0.1) is 23.8 Å². The van der Waals surface area contributed by atoms with E-state index in [1.807, 2.05) is 24.3 Å². The average molecular weight is 365 g/mol. The summed E-state index contributed by atoms with van der Waals surface area (Å²) in [5.41, 5.74) is 2.39. The van der Waals surface area contributed by atoms with Crippen LogP contribution in [0.3, 0.4) is 0 Å². The summed E-state index contributed by atoms with van der Waals surface area (Å²) in [4.78, 5) is 33.2. The van der Waals surface area contributed by atoms with Crippen LogP contribution in [0.4, 0.5) is 0 Å². The molecule has 2 atom stereocenters. The van der Waals surface area contributed by atoms with Gasteiger partial charge >= 0.3 is 5.97 Å². The summed E-state index contributed by atoms with van der Waals surface area (Å²) in [6.07, 6.45) is 0.261. The molecule has 0 fully saturated rings. The maximum Gasteiger partial charge on any atom is 0.328 e. The second-order valence-electron chi connectivity index (χ2n) is 5.95. The Morgan fingerprint density at radius 2 is 1.74 bits per heavy atom. The van der Waals surface area contributed by atoms with Crippen LogP contribution in [0.2, 0.25) is 0 Å². The summed E-state index contributed by atoms with van der Waals surface area (Å²) in [6, 6.07) is 14.8. The highest BCUT2D eigenvalue weighted by Gasteiger charge is 2.26. The van der Waals surface area contributed by atoms with Crippen LogP contribution in [0, 0.1) is 0 Å². The van der Waals surface area contributed by atoms with Gasteiger partial charge in [0, 0.05) is 12.6 Å². The highest BCUT2D eigenvalue weighted by Crippen LogP contribution is 2.14. The van der Waals surface area contributed by atoms with Crippen molar-refractivity contribution in [3.8, 4) is 0 Å². The fourth-order valence-corrected chi connectivity index (χ4v) is 2.68. The number of aliphatic hydroxyl groups is 1. The van der Waals surface area contributed by atoms with E-state index < -0.39 is 24.0 Å². The second kappa shape index (κ2) is 8.37. The van der Waals surface area contributed by atoms with E-state index in [1.165, 1.54) is 7.11 Å². The van der Waals surface area contributed by atoms with Gasteiger partial charge in [-0.2, -0.15) is 0 Å².